The van der Waals surface area contributed by atoms with E-state index in [1.807, 2.05) is 13.8 Å². The third kappa shape index (κ3) is 3.25. The minimum atomic E-state index is -0.340. The van der Waals surface area contributed by atoms with Crippen LogP contribution in [0.15, 0.2) is 12.1 Å². The van der Waals surface area contributed by atoms with E-state index in [2.05, 4.69) is 12.2 Å². The average Bonchev–Trinajstić information content (AvgIpc) is 2.30. The molecule has 1 N–H and O–H groups in total. The number of aryl methyl sites for hydroxylation is 1. The molecule has 3 heteroatoms. The van der Waals surface area contributed by atoms with Gasteiger partial charge in [0, 0.05) is 11.6 Å². The van der Waals surface area contributed by atoms with Gasteiger partial charge in [-0.15, -0.1) is 0 Å². The predicted octanol–water partition coefficient (Wildman–Crippen LogP) is 3.97. The molecule has 0 aromatic heterocycles. The van der Waals surface area contributed by atoms with Gasteiger partial charge in [-0.3, -0.25) is 0 Å². The van der Waals surface area contributed by atoms with E-state index in [4.69, 9.17) is 0 Å². The monoisotopic (exact) mass is 241 g/mol. The Morgan fingerprint density at radius 3 is 2.35 bits per heavy atom. The highest BCUT2D eigenvalue weighted by molar-refractivity contribution is 5.28. The standard InChI is InChI=1S/C14H21F2N/c1-5-9(3)14(17-6-2)11-8-12(15)10(4)7-13(11)16/h7-9,14,17H,5-6H2,1-4H3. The van der Waals surface area contributed by atoms with E-state index in [0.29, 0.717) is 11.1 Å². The first kappa shape index (κ1) is 14.1. The second kappa shape index (κ2) is 6.10. The SMILES string of the molecule is CCNC(c1cc(F)c(C)cc1F)C(C)CC. The fraction of sp³-hybridized carbons (Fsp3) is 0.571. The molecule has 2 unspecified atom stereocenters. The lowest BCUT2D eigenvalue weighted by Crippen LogP contribution is -2.27. The van der Waals surface area contributed by atoms with Gasteiger partial charge in [-0.05, 0) is 37.1 Å². The van der Waals surface area contributed by atoms with Crippen molar-refractivity contribution in [2.75, 3.05) is 6.54 Å². The number of rotatable bonds is 5. The molecule has 0 amide bonds. The fourth-order valence-electron chi connectivity index (χ4n) is 1.97. The summed E-state index contributed by atoms with van der Waals surface area (Å²) in [6.45, 7) is 8.39. The Hall–Kier alpha value is -0.960. The van der Waals surface area contributed by atoms with Crippen LogP contribution in [0.3, 0.4) is 0 Å². The van der Waals surface area contributed by atoms with E-state index in [9.17, 15) is 8.78 Å². The molecule has 1 nitrogen and oxygen atoms in total. The molecule has 1 aromatic carbocycles. The molecule has 0 saturated carbocycles. The van der Waals surface area contributed by atoms with Gasteiger partial charge < -0.3 is 5.32 Å². The highest BCUT2D eigenvalue weighted by atomic mass is 19.1. The van der Waals surface area contributed by atoms with Gasteiger partial charge in [-0.2, -0.15) is 0 Å². The molecule has 0 aliphatic carbocycles. The lowest BCUT2D eigenvalue weighted by atomic mass is 9.91. The van der Waals surface area contributed by atoms with Crippen molar-refractivity contribution in [3.8, 4) is 0 Å². The number of benzene rings is 1. The molecule has 1 rings (SSSR count). The van der Waals surface area contributed by atoms with Gasteiger partial charge in [-0.25, -0.2) is 8.78 Å². The van der Waals surface area contributed by atoms with Crippen LogP contribution in [-0.2, 0) is 0 Å². The zero-order valence-corrected chi connectivity index (χ0v) is 11.0. The highest BCUT2D eigenvalue weighted by Crippen LogP contribution is 2.28. The van der Waals surface area contributed by atoms with E-state index < -0.39 is 0 Å². The van der Waals surface area contributed by atoms with Crippen LogP contribution in [0.1, 0.15) is 44.4 Å². The molecule has 96 valence electrons. The van der Waals surface area contributed by atoms with E-state index in [0.717, 1.165) is 13.0 Å². The lowest BCUT2D eigenvalue weighted by molar-refractivity contribution is 0.370. The van der Waals surface area contributed by atoms with Crippen molar-refractivity contribution in [1.29, 1.82) is 0 Å². The van der Waals surface area contributed by atoms with Crippen LogP contribution in [0.25, 0.3) is 0 Å². The quantitative estimate of drug-likeness (QED) is 0.822. The molecular formula is C14H21F2N. The molecule has 0 bridgehead atoms. The van der Waals surface area contributed by atoms with E-state index >= 15 is 0 Å². The van der Waals surface area contributed by atoms with Crippen LogP contribution in [-0.4, -0.2) is 6.54 Å². The van der Waals surface area contributed by atoms with Crippen molar-refractivity contribution in [1.82, 2.24) is 5.32 Å². The van der Waals surface area contributed by atoms with Gasteiger partial charge in [0.05, 0.1) is 0 Å². The maximum atomic E-state index is 13.9. The summed E-state index contributed by atoms with van der Waals surface area (Å²) in [5, 5.41) is 3.23. The number of nitrogens with one attached hydrogen (secondary N) is 1. The Morgan fingerprint density at radius 2 is 1.82 bits per heavy atom. The van der Waals surface area contributed by atoms with E-state index in [1.165, 1.54) is 12.1 Å². The summed E-state index contributed by atoms with van der Waals surface area (Å²) in [6.07, 6.45) is 0.923. The van der Waals surface area contributed by atoms with Crippen molar-refractivity contribution in [2.24, 2.45) is 5.92 Å². The fourth-order valence-corrected chi connectivity index (χ4v) is 1.97. The average molecular weight is 241 g/mol. The molecule has 0 spiro atoms. The topological polar surface area (TPSA) is 12.0 Å². The van der Waals surface area contributed by atoms with Crippen molar-refractivity contribution < 1.29 is 8.78 Å². The van der Waals surface area contributed by atoms with Crippen LogP contribution >= 0.6 is 0 Å². The Labute approximate surface area is 102 Å². The number of halogens is 2. The molecule has 0 heterocycles. The van der Waals surface area contributed by atoms with Gasteiger partial charge in [0.15, 0.2) is 0 Å². The minimum absolute atomic E-state index is 0.125. The first-order chi connectivity index (χ1) is 8.01. The van der Waals surface area contributed by atoms with Gasteiger partial charge in [0.1, 0.15) is 11.6 Å². The van der Waals surface area contributed by atoms with Crippen LogP contribution in [0.5, 0.6) is 0 Å². The van der Waals surface area contributed by atoms with Crippen LogP contribution in [0.4, 0.5) is 8.78 Å². The van der Waals surface area contributed by atoms with Crippen LogP contribution < -0.4 is 5.32 Å². The normalized spacial score (nSPS) is 14.7. The third-order valence-corrected chi connectivity index (χ3v) is 3.25. The van der Waals surface area contributed by atoms with Gasteiger partial charge in [0.2, 0.25) is 0 Å². The van der Waals surface area contributed by atoms with Crippen LogP contribution in [0.2, 0.25) is 0 Å². The zero-order chi connectivity index (χ0) is 13.0. The van der Waals surface area contributed by atoms with Gasteiger partial charge in [-0.1, -0.05) is 27.2 Å². The first-order valence-electron chi connectivity index (χ1n) is 6.20. The summed E-state index contributed by atoms with van der Waals surface area (Å²) in [7, 11) is 0. The highest BCUT2D eigenvalue weighted by Gasteiger charge is 2.21. The Kier molecular flexibility index (Phi) is 5.06. The number of hydrogen-bond acceptors (Lipinski definition) is 1. The van der Waals surface area contributed by atoms with Crippen LogP contribution in [0, 0.1) is 24.5 Å². The summed E-state index contributed by atoms with van der Waals surface area (Å²) in [5.41, 5.74) is 0.787. The Bertz CT molecular complexity index is 377. The summed E-state index contributed by atoms with van der Waals surface area (Å²) in [6, 6.07) is 2.47. The van der Waals surface area contributed by atoms with Gasteiger partial charge >= 0.3 is 0 Å². The van der Waals surface area contributed by atoms with Crippen molar-refractivity contribution >= 4 is 0 Å². The summed E-state index contributed by atoms with van der Waals surface area (Å²) in [4.78, 5) is 0. The first-order valence-corrected chi connectivity index (χ1v) is 6.20. The molecular weight excluding hydrogens is 220 g/mol. The maximum absolute atomic E-state index is 13.9. The van der Waals surface area contributed by atoms with Crippen molar-refractivity contribution in [3.63, 3.8) is 0 Å². The molecule has 0 aliphatic rings. The van der Waals surface area contributed by atoms with E-state index in [-0.39, 0.29) is 23.6 Å². The second-order valence-corrected chi connectivity index (χ2v) is 4.54. The largest absolute Gasteiger partial charge is 0.310 e. The molecule has 0 fully saturated rings. The minimum Gasteiger partial charge on any atom is -0.310 e. The summed E-state index contributed by atoms with van der Waals surface area (Å²) < 4.78 is 27.4. The smallest absolute Gasteiger partial charge is 0.128 e. The van der Waals surface area contributed by atoms with Crippen molar-refractivity contribution in [2.45, 2.75) is 40.2 Å². The molecule has 0 aliphatic heterocycles. The third-order valence-electron chi connectivity index (χ3n) is 3.25. The lowest BCUT2D eigenvalue weighted by Gasteiger charge is -2.25. The zero-order valence-electron chi connectivity index (χ0n) is 11.0. The number of hydrogen-bond donors (Lipinski definition) is 1. The van der Waals surface area contributed by atoms with Gasteiger partial charge in [0.25, 0.3) is 0 Å². The summed E-state index contributed by atoms with van der Waals surface area (Å²) in [5.74, 6) is -0.394. The van der Waals surface area contributed by atoms with E-state index in [1.54, 1.807) is 6.92 Å². The molecule has 1 aromatic rings. The molecule has 0 radical (unpaired) electrons. The predicted molar refractivity (Wildman–Crippen MR) is 67.0 cm³/mol. The Balaban J connectivity index is 3.13. The Morgan fingerprint density at radius 1 is 1.18 bits per heavy atom. The second-order valence-electron chi connectivity index (χ2n) is 4.54. The molecule has 17 heavy (non-hydrogen) atoms. The van der Waals surface area contributed by atoms with Crippen molar-refractivity contribution in [3.05, 3.63) is 34.9 Å². The maximum Gasteiger partial charge on any atom is 0.128 e. The summed E-state index contributed by atoms with van der Waals surface area (Å²) >= 11 is 0. The molecule has 2 atom stereocenters. The molecule has 0 saturated heterocycles.